The molecule has 0 aromatic heterocycles. The van der Waals surface area contributed by atoms with Crippen molar-refractivity contribution in [2.24, 2.45) is 0 Å². The second-order valence-corrected chi connectivity index (χ2v) is 8.20. The summed E-state index contributed by atoms with van der Waals surface area (Å²) in [6.45, 7) is 0. The topological polar surface area (TPSA) is 83.5 Å². The Balaban J connectivity index is 2.02. The largest absolute Gasteiger partial charge is 0.478 e. The Hall–Kier alpha value is -2.54. The van der Waals surface area contributed by atoms with Gasteiger partial charge in [-0.3, -0.25) is 4.72 Å². The molecule has 3 rings (SSSR count). The summed E-state index contributed by atoms with van der Waals surface area (Å²) in [6.07, 6.45) is 0. The Morgan fingerprint density at radius 3 is 2.07 bits per heavy atom. The van der Waals surface area contributed by atoms with Crippen LogP contribution < -0.4 is 4.72 Å². The monoisotopic (exact) mass is 421 g/mol. The highest BCUT2D eigenvalue weighted by Crippen LogP contribution is 2.28. The van der Waals surface area contributed by atoms with Crippen molar-refractivity contribution in [1.29, 1.82) is 0 Å². The zero-order chi connectivity index (χ0) is 19.6. The molecule has 0 saturated heterocycles. The number of nitrogens with one attached hydrogen (secondary N) is 1. The third-order valence-corrected chi connectivity index (χ3v) is 5.53. The van der Waals surface area contributed by atoms with Gasteiger partial charge in [-0.15, -0.1) is 0 Å². The lowest BCUT2D eigenvalue weighted by Gasteiger charge is -2.13. The number of halogens is 2. The standard InChI is InChI=1S/C19H13Cl2NO4S/c20-14-9-15(21)11-16(10-14)27(25,26)22-18-7-6-13(8-17(18)19(23)24)12-4-2-1-3-5-12/h1-11,22H,(H,23,24). The van der Waals surface area contributed by atoms with Crippen molar-refractivity contribution in [2.75, 3.05) is 4.72 Å². The number of carboxylic acids is 1. The normalized spacial score (nSPS) is 11.2. The summed E-state index contributed by atoms with van der Waals surface area (Å²) in [5.74, 6) is -1.25. The summed E-state index contributed by atoms with van der Waals surface area (Å²) < 4.78 is 27.5. The number of aromatic carboxylic acids is 1. The van der Waals surface area contributed by atoms with Crippen molar-refractivity contribution < 1.29 is 18.3 Å². The zero-order valence-electron chi connectivity index (χ0n) is 13.7. The zero-order valence-corrected chi connectivity index (χ0v) is 16.0. The molecule has 0 atom stereocenters. The average Bonchev–Trinajstić information content (AvgIpc) is 2.61. The van der Waals surface area contributed by atoms with Crippen LogP contribution in [0.1, 0.15) is 10.4 Å². The minimum absolute atomic E-state index is 0.0571. The van der Waals surface area contributed by atoms with E-state index < -0.39 is 16.0 Å². The maximum Gasteiger partial charge on any atom is 0.337 e. The van der Waals surface area contributed by atoms with Crippen LogP contribution in [0.5, 0.6) is 0 Å². The second kappa shape index (κ2) is 7.60. The van der Waals surface area contributed by atoms with Gasteiger partial charge in [0.2, 0.25) is 0 Å². The fourth-order valence-corrected chi connectivity index (χ4v) is 4.31. The van der Waals surface area contributed by atoms with Crippen molar-refractivity contribution in [3.63, 3.8) is 0 Å². The van der Waals surface area contributed by atoms with E-state index in [1.54, 1.807) is 6.07 Å². The third kappa shape index (κ3) is 4.42. The third-order valence-electron chi connectivity index (χ3n) is 3.75. The van der Waals surface area contributed by atoms with Crippen LogP contribution in [0.3, 0.4) is 0 Å². The van der Waals surface area contributed by atoms with Crippen LogP contribution in [0.15, 0.2) is 71.6 Å². The number of benzene rings is 3. The molecular weight excluding hydrogens is 409 g/mol. The van der Waals surface area contributed by atoms with Gasteiger partial charge in [0.25, 0.3) is 10.0 Å². The predicted octanol–water partition coefficient (Wildman–Crippen LogP) is 5.16. The van der Waals surface area contributed by atoms with Gasteiger partial charge in [-0.1, -0.05) is 59.6 Å². The van der Waals surface area contributed by atoms with Crippen molar-refractivity contribution in [2.45, 2.75) is 4.90 Å². The molecule has 0 amide bonds. The van der Waals surface area contributed by atoms with Gasteiger partial charge in [-0.25, -0.2) is 13.2 Å². The average molecular weight is 422 g/mol. The van der Waals surface area contributed by atoms with Gasteiger partial charge < -0.3 is 5.11 Å². The highest BCUT2D eigenvalue weighted by atomic mass is 35.5. The van der Waals surface area contributed by atoms with Crippen LogP contribution in [0.4, 0.5) is 5.69 Å². The van der Waals surface area contributed by atoms with Gasteiger partial charge in [0.05, 0.1) is 16.1 Å². The number of hydrogen-bond donors (Lipinski definition) is 2. The highest BCUT2D eigenvalue weighted by molar-refractivity contribution is 7.92. The van der Waals surface area contributed by atoms with E-state index in [4.69, 9.17) is 23.2 Å². The first-order chi connectivity index (χ1) is 12.8. The van der Waals surface area contributed by atoms with Crippen LogP contribution in [0.25, 0.3) is 11.1 Å². The van der Waals surface area contributed by atoms with E-state index in [2.05, 4.69) is 4.72 Å². The van der Waals surface area contributed by atoms with Crippen LogP contribution in [0, 0.1) is 0 Å². The lowest BCUT2D eigenvalue weighted by atomic mass is 10.0. The quantitative estimate of drug-likeness (QED) is 0.595. The lowest BCUT2D eigenvalue weighted by Crippen LogP contribution is -2.15. The highest BCUT2D eigenvalue weighted by Gasteiger charge is 2.20. The van der Waals surface area contributed by atoms with E-state index in [0.29, 0.717) is 5.56 Å². The summed E-state index contributed by atoms with van der Waals surface area (Å²) in [5, 5.41) is 9.82. The molecule has 5 nitrogen and oxygen atoms in total. The number of rotatable bonds is 5. The molecule has 0 aliphatic rings. The first-order valence-electron chi connectivity index (χ1n) is 7.68. The molecule has 0 radical (unpaired) electrons. The molecule has 138 valence electrons. The van der Waals surface area contributed by atoms with E-state index in [-0.39, 0.29) is 26.2 Å². The van der Waals surface area contributed by atoms with Gasteiger partial charge in [0, 0.05) is 10.0 Å². The number of carbonyl (C=O) groups is 1. The van der Waals surface area contributed by atoms with Crippen LogP contribution in [0.2, 0.25) is 10.0 Å². The Morgan fingerprint density at radius 2 is 1.48 bits per heavy atom. The van der Waals surface area contributed by atoms with E-state index in [0.717, 1.165) is 5.56 Å². The Kier molecular flexibility index (Phi) is 5.41. The van der Waals surface area contributed by atoms with Crippen molar-refractivity contribution in [3.05, 3.63) is 82.3 Å². The molecule has 0 spiro atoms. The number of carboxylic acid groups (broad SMARTS) is 1. The Labute approximate surface area is 166 Å². The Morgan fingerprint density at radius 1 is 0.852 bits per heavy atom. The van der Waals surface area contributed by atoms with Crippen LogP contribution in [-0.2, 0) is 10.0 Å². The number of sulfonamides is 1. The minimum Gasteiger partial charge on any atom is -0.478 e. The fraction of sp³-hybridized carbons (Fsp3) is 0. The molecular formula is C19H13Cl2NO4S. The molecule has 8 heteroatoms. The van der Waals surface area contributed by atoms with Gasteiger partial charge in [0.1, 0.15) is 0 Å². The molecule has 0 heterocycles. The van der Waals surface area contributed by atoms with Crippen molar-refractivity contribution >= 4 is 44.9 Å². The molecule has 0 aliphatic carbocycles. The van der Waals surface area contributed by atoms with E-state index in [1.807, 2.05) is 30.3 Å². The van der Waals surface area contributed by atoms with Gasteiger partial charge in [-0.2, -0.15) is 0 Å². The maximum atomic E-state index is 12.6. The SMILES string of the molecule is O=C(O)c1cc(-c2ccccc2)ccc1NS(=O)(=O)c1cc(Cl)cc(Cl)c1. The molecule has 27 heavy (non-hydrogen) atoms. The molecule has 3 aromatic carbocycles. The summed E-state index contributed by atoms with van der Waals surface area (Å²) in [5.41, 5.74) is 1.24. The van der Waals surface area contributed by atoms with Crippen LogP contribution in [-0.4, -0.2) is 19.5 Å². The Bertz CT molecular complexity index is 1100. The summed E-state index contributed by atoms with van der Waals surface area (Å²) >= 11 is 11.7. The van der Waals surface area contributed by atoms with Crippen LogP contribution >= 0.6 is 23.2 Å². The number of hydrogen-bond acceptors (Lipinski definition) is 3. The molecule has 2 N–H and O–H groups in total. The van der Waals surface area contributed by atoms with Gasteiger partial charge in [0.15, 0.2) is 0 Å². The maximum absolute atomic E-state index is 12.6. The predicted molar refractivity (Wildman–Crippen MR) is 106 cm³/mol. The smallest absolute Gasteiger partial charge is 0.337 e. The fourth-order valence-electron chi connectivity index (χ4n) is 2.51. The van der Waals surface area contributed by atoms with E-state index in [1.165, 1.54) is 30.3 Å². The molecule has 0 fully saturated rings. The first-order valence-corrected chi connectivity index (χ1v) is 9.92. The van der Waals surface area contributed by atoms with Gasteiger partial charge >= 0.3 is 5.97 Å². The van der Waals surface area contributed by atoms with Crippen molar-refractivity contribution in [3.8, 4) is 11.1 Å². The summed E-state index contributed by atoms with van der Waals surface area (Å²) in [7, 11) is -4.07. The lowest BCUT2D eigenvalue weighted by molar-refractivity contribution is 0.0698. The molecule has 0 saturated carbocycles. The molecule has 0 aliphatic heterocycles. The summed E-state index contributed by atoms with van der Waals surface area (Å²) in [4.78, 5) is 11.5. The van der Waals surface area contributed by atoms with Gasteiger partial charge in [-0.05, 0) is 41.5 Å². The second-order valence-electron chi connectivity index (χ2n) is 5.64. The first kappa shape index (κ1) is 19.2. The van der Waals surface area contributed by atoms with Crippen molar-refractivity contribution in [1.82, 2.24) is 0 Å². The molecule has 3 aromatic rings. The summed E-state index contributed by atoms with van der Waals surface area (Å²) in [6, 6.07) is 17.5. The van der Waals surface area contributed by atoms with E-state index in [9.17, 15) is 18.3 Å². The number of anilines is 1. The van der Waals surface area contributed by atoms with E-state index >= 15 is 0 Å². The molecule has 0 unspecified atom stereocenters. The minimum atomic E-state index is -4.07. The molecule has 0 bridgehead atoms.